The lowest BCUT2D eigenvalue weighted by molar-refractivity contribution is -0.131. The lowest BCUT2D eigenvalue weighted by atomic mass is 9.87. The zero-order chi connectivity index (χ0) is 16.6. The Bertz CT molecular complexity index is 637. The van der Waals surface area contributed by atoms with E-state index >= 15 is 0 Å². The van der Waals surface area contributed by atoms with Crippen LogP contribution in [0.2, 0.25) is 0 Å². The van der Waals surface area contributed by atoms with Crippen LogP contribution < -0.4 is 10.6 Å². The maximum absolute atomic E-state index is 13.0. The third kappa shape index (κ3) is 2.85. The van der Waals surface area contributed by atoms with Crippen LogP contribution in [-0.4, -0.2) is 36.5 Å². The summed E-state index contributed by atoms with van der Waals surface area (Å²) < 4.78 is 0. The highest BCUT2D eigenvalue weighted by atomic mass is 16.2. The zero-order valence-electron chi connectivity index (χ0n) is 14.1. The minimum atomic E-state index is -0.957. The van der Waals surface area contributed by atoms with Crippen LogP contribution in [0, 0.1) is 19.8 Å². The molecule has 2 heterocycles. The van der Waals surface area contributed by atoms with Crippen molar-refractivity contribution in [3.63, 3.8) is 0 Å². The van der Waals surface area contributed by atoms with Crippen molar-refractivity contribution in [3.05, 3.63) is 34.9 Å². The van der Waals surface area contributed by atoms with Crippen molar-refractivity contribution in [2.45, 2.75) is 39.2 Å². The summed E-state index contributed by atoms with van der Waals surface area (Å²) in [6.07, 6.45) is 2.02. The molecule has 0 spiro atoms. The topological polar surface area (TPSA) is 61.4 Å². The Hall–Kier alpha value is -1.88. The molecule has 0 aliphatic carbocycles. The van der Waals surface area contributed by atoms with Crippen molar-refractivity contribution in [2.75, 3.05) is 19.6 Å². The lowest BCUT2D eigenvalue weighted by Gasteiger charge is -2.27. The number of rotatable bonds is 3. The average molecular weight is 315 g/mol. The molecule has 2 aliphatic rings. The van der Waals surface area contributed by atoms with Crippen molar-refractivity contribution < 1.29 is 9.59 Å². The summed E-state index contributed by atoms with van der Waals surface area (Å²) in [5.41, 5.74) is 2.11. The van der Waals surface area contributed by atoms with Crippen molar-refractivity contribution in [1.82, 2.24) is 15.5 Å². The number of aryl methyl sites for hydroxylation is 2. The minimum absolute atomic E-state index is 0.131. The maximum Gasteiger partial charge on any atom is 0.325 e. The predicted octanol–water partition coefficient (Wildman–Crippen LogP) is 2.07. The molecule has 0 radical (unpaired) electrons. The Morgan fingerprint density at radius 2 is 1.91 bits per heavy atom. The third-order valence-electron chi connectivity index (χ3n) is 5.10. The van der Waals surface area contributed by atoms with Crippen LogP contribution in [-0.2, 0) is 10.3 Å². The number of hydrogen-bond acceptors (Lipinski definition) is 3. The molecular weight excluding hydrogens is 290 g/mol. The minimum Gasteiger partial charge on any atom is -0.319 e. The molecule has 5 nitrogen and oxygen atoms in total. The van der Waals surface area contributed by atoms with E-state index in [9.17, 15) is 9.59 Å². The van der Waals surface area contributed by atoms with Gasteiger partial charge in [0.2, 0.25) is 0 Å². The molecule has 1 unspecified atom stereocenters. The second-order valence-corrected chi connectivity index (χ2v) is 6.98. The molecule has 124 valence electrons. The Morgan fingerprint density at radius 3 is 2.57 bits per heavy atom. The van der Waals surface area contributed by atoms with E-state index in [1.807, 2.05) is 32.9 Å². The highest BCUT2D eigenvalue weighted by Crippen LogP contribution is 2.32. The van der Waals surface area contributed by atoms with Crippen LogP contribution in [0.15, 0.2) is 18.2 Å². The first-order chi connectivity index (χ1) is 10.9. The SMILES string of the molecule is Cc1ccc(C2(C)NC(=O)N(CC3CCNCC3)C2=O)c(C)c1. The number of carbonyl (C=O) groups is 2. The largest absolute Gasteiger partial charge is 0.325 e. The normalized spacial score (nSPS) is 25.8. The first-order valence-electron chi connectivity index (χ1n) is 8.34. The molecule has 2 fully saturated rings. The lowest BCUT2D eigenvalue weighted by Crippen LogP contribution is -2.42. The summed E-state index contributed by atoms with van der Waals surface area (Å²) in [6.45, 7) is 8.27. The Kier molecular flexibility index (Phi) is 4.15. The van der Waals surface area contributed by atoms with Gasteiger partial charge >= 0.3 is 6.03 Å². The summed E-state index contributed by atoms with van der Waals surface area (Å²) in [5.74, 6) is 0.264. The van der Waals surface area contributed by atoms with E-state index < -0.39 is 5.54 Å². The van der Waals surface area contributed by atoms with Gasteiger partial charge < -0.3 is 10.6 Å². The summed E-state index contributed by atoms with van der Waals surface area (Å²) in [4.78, 5) is 26.8. The molecule has 3 rings (SSSR count). The van der Waals surface area contributed by atoms with Gasteiger partial charge in [-0.3, -0.25) is 9.69 Å². The molecule has 5 heteroatoms. The van der Waals surface area contributed by atoms with Crippen LogP contribution in [0.4, 0.5) is 4.79 Å². The highest BCUT2D eigenvalue weighted by Gasteiger charge is 2.49. The van der Waals surface area contributed by atoms with Crippen LogP contribution in [0.5, 0.6) is 0 Å². The number of piperidine rings is 1. The van der Waals surface area contributed by atoms with Crippen molar-refractivity contribution >= 4 is 11.9 Å². The van der Waals surface area contributed by atoms with Gasteiger partial charge in [-0.05, 0) is 63.7 Å². The van der Waals surface area contributed by atoms with Crippen molar-refractivity contribution in [3.8, 4) is 0 Å². The van der Waals surface area contributed by atoms with Crippen molar-refractivity contribution in [2.24, 2.45) is 5.92 Å². The number of amides is 3. The molecule has 3 amide bonds. The summed E-state index contributed by atoms with van der Waals surface area (Å²) in [5, 5.41) is 6.23. The van der Waals surface area contributed by atoms with Crippen molar-refractivity contribution in [1.29, 1.82) is 0 Å². The molecule has 2 saturated heterocycles. The molecule has 0 saturated carbocycles. The smallest absolute Gasteiger partial charge is 0.319 e. The fourth-order valence-corrected chi connectivity index (χ4v) is 3.74. The van der Waals surface area contributed by atoms with Gasteiger partial charge in [0.1, 0.15) is 5.54 Å². The predicted molar refractivity (Wildman–Crippen MR) is 89.1 cm³/mol. The number of hydrogen-bond donors (Lipinski definition) is 2. The second-order valence-electron chi connectivity index (χ2n) is 6.98. The fraction of sp³-hybridized carbons (Fsp3) is 0.556. The Balaban J connectivity index is 1.84. The van der Waals surface area contributed by atoms with Crippen LogP contribution in [0.25, 0.3) is 0 Å². The Morgan fingerprint density at radius 1 is 1.22 bits per heavy atom. The zero-order valence-corrected chi connectivity index (χ0v) is 14.1. The molecular formula is C18H25N3O2. The number of urea groups is 1. The number of nitrogens with zero attached hydrogens (tertiary/aromatic N) is 1. The van der Waals surface area contributed by atoms with E-state index in [4.69, 9.17) is 0 Å². The quantitative estimate of drug-likeness (QED) is 0.840. The average Bonchev–Trinajstić information content (AvgIpc) is 2.72. The van der Waals surface area contributed by atoms with Gasteiger partial charge in [-0.15, -0.1) is 0 Å². The van der Waals surface area contributed by atoms with E-state index in [0.717, 1.165) is 42.6 Å². The molecule has 1 atom stereocenters. The molecule has 0 bridgehead atoms. The molecule has 1 aromatic rings. The maximum atomic E-state index is 13.0. The third-order valence-corrected chi connectivity index (χ3v) is 5.10. The molecule has 23 heavy (non-hydrogen) atoms. The van der Waals surface area contributed by atoms with Gasteiger partial charge in [-0.1, -0.05) is 23.8 Å². The number of imide groups is 1. The molecule has 2 aliphatic heterocycles. The van der Waals surface area contributed by atoms with Crippen LogP contribution in [0.1, 0.15) is 36.5 Å². The standard InChI is InChI=1S/C18H25N3O2/c1-12-4-5-15(13(2)10-12)18(3)16(22)21(17(23)20-18)11-14-6-8-19-9-7-14/h4-5,10,14,19H,6-9,11H2,1-3H3,(H,20,23). The van der Waals surface area contributed by atoms with Gasteiger partial charge in [0, 0.05) is 6.54 Å². The van der Waals surface area contributed by atoms with Gasteiger partial charge in [-0.25, -0.2) is 4.79 Å². The van der Waals surface area contributed by atoms with E-state index in [2.05, 4.69) is 16.7 Å². The van der Waals surface area contributed by atoms with Gasteiger partial charge in [0.05, 0.1) is 0 Å². The molecule has 1 aromatic carbocycles. The second kappa shape index (κ2) is 5.96. The summed E-state index contributed by atoms with van der Waals surface area (Å²) in [6, 6.07) is 5.73. The molecule has 2 N–H and O–H groups in total. The van der Waals surface area contributed by atoms with Crippen LogP contribution in [0.3, 0.4) is 0 Å². The Labute approximate surface area is 137 Å². The van der Waals surface area contributed by atoms with E-state index in [1.54, 1.807) is 0 Å². The fourth-order valence-electron chi connectivity index (χ4n) is 3.74. The number of benzene rings is 1. The van der Waals surface area contributed by atoms with E-state index in [1.165, 1.54) is 4.90 Å². The summed E-state index contributed by atoms with van der Waals surface area (Å²) >= 11 is 0. The van der Waals surface area contributed by atoms with E-state index in [-0.39, 0.29) is 11.9 Å². The van der Waals surface area contributed by atoms with Crippen LogP contribution >= 0.6 is 0 Å². The van der Waals surface area contributed by atoms with Gasteiger partial charge in [-0.2, -0.15) is 0 Å². The van der Waals surface area contributed by atoms with E-state index in [0.29, 0.717) is 12.5 Å². The summed E-state index contributed by atoms with van der Waals surface area (Å²) in [7, 11) is 0. The highest BCUT2D eigenvalue weighted by molar-refractivity contribution is 6.07. The molecule has 0 aromatic heterocycles. The first-order valence-corrected chi connectivity index (χ1v) is 8.34. The first kappa shape index (κ1) is 16.0. The number of carbonyl (C=O) groups excluding carboxylic acids is 2. The van der Waals surface area contributed by atoms with Gasteiger partial charge in [0.25, 0.3) is 5.91 Å². The van der Waals surface area contributed by atoms with Gasteiger partial charge in [0.15, 0.2) is 0 Å². The monoisotopic (exact) mass is 315 g/mol. The number of nitrogens with one attached hydrogen (secondary N) is 2.